The highest BCUT2D eigenvalue weighted by Crippen LogP contribution is 2.42. The van der Waals surface area contributed by atoms with Gasteiger partial charge in [-0.15, -0.1) is 43.1 Å². The van der Waals surface area contributed by atoms with Gasteiger partial charge in [0, 0.05) is 55.3 Å². The quantitative estimate of drug-likeness (QED) is 0.0997. The number of hydrogen-bond donors (Lipinski definition) is 0. The van der Waals surface area contributed by atoms with E-state index in [1.807, 2.05) is 115 Å². The van der Waals surface area contributed by atoms with Crippen molar-refractivity contribution in [2.24, 2.45) is 0 Å². The summed E-state index contributed by atoms with van der Waals surface area (Å²) < 4.78 is 1.91. The second-order valence-corrected chi connectivity index (χ2v) is 30.4. The van der Waals surface area contributed by atoms with E-state index in [0.717, 1.165) is 174 Å². The van der Waals surface area contributed by atoms with E-state index >= 15 is 0 Å². The van der Waals surface area contributed by atoms with Crippen LogP contribution in [0.3, 0.4) is 0 Å². The van der Waals surface area contributed by atoms with E-state index in [9.17, 15) is 0 Å². The van der Waals surface area contributed by atoms with Crippen LogP contribution in [-0.4, -0.2) is 75.7 Å². The average Bonchev–Trinajstić information content (AvgIpc) is 1.60. The Hall–Kier alpha value is -15.7. The van der Waals surface area contributed by atoms with E-state index in [-0.39, 0.29) is 0 Å². The fourth-order valence-electron chi connectivity index (χ4n) is 14.8. The summed E-state index contributed by atoms with van der Waals surface area (Å²) in [7, 11) is 0. The van der Waals surface area contributed by atoms with Gasteiger partial charge in [0.2, 0.25) is 0 Å². The highest BCUT2D eigenvalue weighted by atomic mass is 32.1. The normalized spacial score (nSPS) is 11.4. The zero-order valence-electron chi connectivity index (χ0n) is 62.7. The van der Waals surface area contributed by atoms with Crippen LogP contribution in [0.1, 0.15) is 0 Å². The molecular weight excluding hydrogens is 1490 g/mol. The average molecular weight is 1550 g/mol. The van der Waals surface area contributed by atoms with Gasteiger partial charge in [-0.1, -0.05) is 346 Å². The summed E-state index contributed by atoms with van der Waals surface area (Å²) in [6, 6.07) is 127. The molecule has 0 unspecified atom stereocenters. The smallest absolute Gasteiger partial charge is 0.164 e. The summed E-state index contributed by atoms with van der Waals surface area (Å²) in [5.41, 5.74) is 27.6. The van der Waals surface area contributed by atoms with Crippen molar-refractivity contribution in [3.63, 3.8) is 0 Å². The maximum absolute atomic E-state index is 4.98. The van der Waals surface area contributed by atoms with Crippen LogP contribution in [0, 0.1) is 0 Å². The lowest BCUT2D eigenvalue weighted by molar-refractivity contribution is 0.904. The van der Waals surface area contributed by atoms with E-state index in [4.69, 9.17) is 44.9 Å². The zero-order valence-corrected chi connectivity index (χ0v) is 64.4. The van der Waals surface area contributed by atoms with Crippen molar-refractivity contribution >= 4 is 85.6 Å². The van der Waals surface area contributed by atoms with Crippen LogP contribution in [0.15, 0.2) is 370 Å². The molecule has 0 aliphatic rings. The van der Waals surface area contributed by atoms with Gasteiger partial charge in [0.05, 0.1) is 25.9 Å². The lowest BCUT2D eigenvalue weighted by Crippen LogP contribution is -2.00. The first-order valence-corrected chi connectivity index (χ1v) is 40.1. The van der Waals surface area contributed by atoms with E-state index in [1.54, 1.807) is 22.7 Å². The highest BCUT2D eigenvalue weighted by molar-refractivity contribution is 7.26. The molecule has 14 aromatic carbocycles. The number of thiophene rings is 2. The Morgan fingerprint density at radius 1 is 0.169 bits per heavy atom. The second-order valence-electron chi connectivity index (χ2n) is 28.4. The Balaban J connectivity index is 0.000000147. The van der Waals surface area contributed by atoms with Gasteiger partial charge in [0.1, 0.15) is 37.6 Å². The minimum atomic E-state index is 0.624. The fraction of sp³-hybridized carbons (Fsp3) is 0. The lowest BCUT2D eigenvalue weighted by atomic mass is 9.98. The molecule has 118 heavy (non-hydrogen) atoms. The molecule has 0 fully saturated rings. The molecule has 0 amide bonds. The van der Waals surface area contributed by atoms with Crippen molar-refractivity contribution < 1.29 is 0 Å². The number of benzene rings is 14. The molecule has 0 bridgehead atoms. The highest BCUT2D eigenvalue weighted by Gasteiger charge is 2.21. The van der Waals surface area contributed by atoms with Crippen molar-refractivity contribution in [3.8, 4) is 158 Å². The van der Waals surface area contributed by atoms with E-state index in [2.05, 4.69) is 286 Å². The van der Waals surface area contributed by atoms with Crippen molar-refractivity contribution in [2.75, 3.05) is 0 Å². The number of fused-ring (bicyclic) bond motifs is 8. The third-order valence-corrected chi connectivity index (χ3v) is 23.2. The number of rotatable bonds is 14. The predicted molar refractivity (Wildman–Crippen MR) is 477 cm³/mol. The van der Waals surface area contributed by atoms with Crippen molar-refractivity contribution in [2.45, 2.75) is 0 Å². The molecule has 22 rings (SSSR count). The maximum atomic E-state index is 4.98. The van der Waals surface area contributed by atoms with Gasteiger partial charge in [-0.05, 0) is 101 Å². The Kier molecular flexibility index (Phi) is 18.2. The summed E-state index contributed by atoms with van der Waals surface area (Å²) in [6.45, 7) is 0. The van der Waals surface area contributed by atoms with Gasteiger partial charge in [0.15, 0.2) is 34.9 Å². The molecule has 0 aliphatic carbocycles. The molecule has 8 heterocycles. The van der Waals surface area contributed by atoms with Gasteiger partial charge >= 0.3 is 0 Å². The Morgan fingerprint density at radius 2 is 0.415 bits per heavy atom. The summed E-state index contributed by atoms with van der Waals surface area (Å²) in [6.07, 6.45) is 0. The topological polar surface area (TPSA) is 193 Å². The van der Waals surface area contributed by atoms with Crippen LogP contribution in [0.2, 0.25) is 0 Å². The Labute approximate surface area is 684 Å². The molecule has 15 nitrogen and oxygen atoms in total. The predicted octanol–water partition coefficient (Wildman–Crippen LogP) is 24.7. The molecule has 0 spiro atoms. The van der Waals surface area contributed by atoms with Crippen LogP contribution >= 0.6 is 22.7 Å². The van der Waals surface area contributed by atoms with Crippen LogP contribution in [0.4, 0.5) is 0 Å². The molecule has 552 valence electrons. The fourth-order valence-corrected chi connectivity index (χ4v) is 17.0. The molecule has 22 aromatic rings. The van der Waals surface area contributed by atoms with Crippen LogP contribution in [0.5, 0.6) is 0 Å². The summed E-state index contributed by atoms with van der Waals surface area (Å²) in [5, 5.41) is 28.0. The first-order valence-electron chi connectivity index (χ1n) is 38.5. The van der Waals surface area contributed by atoms with Gasteiger partial charge in [-0.25, -0.2) is 44.9 Å². The number of para-hydroxylation sites is 3. The van der Waals surface area contributed by atoms with Gasteiger partial charge < -0.3 is 0 Å². The molecule has 0 radical (unpaired) electrons. The molecule has 0 aliphatic heterocycles. The van der Waals surface area contributed by atoms with E-state index in [1.165, 1.54) is 11.1 Å². The number of pyridine rings is 1. The van der Waals surface area contributed by atoms with Gasteiger partial charge in [0.25, 0.3) is 0 Å². The molecule has 0 N–H and O–H groups in total. The van der Waals surface area contributed by atoms with Crippen molar-refractivity contribution in [3.05, 3.63) is 370 Å². The lowest BCUT2D eigenvalue weighted by Gasteiger charge is -2.10. The third kappa shape index (κ3) is 13.9. The zero-order chi connectivity index (χ0) is 78.2. The van der Waals surface area contributed by atoms with E-state index in [0.29, 0.717) is 34.9 Å². The Morgan fingerprint density at radius 3 is 0.771 bits per heavy atom. The maximum Gasteiger partial charge on any atom is 0.164 e. The number of hydrogen-bond acceptors (Lipinski definition) is 17. The van der Waals surface area contributed by atoms with Gasteiger partial charge in [-0.2, -0.15) is 0 Å². The van der Waals surface area contributed by atoms with Crippen LogP contribution in [-0.2, 0) is 0 Å². The molecule has 17 heteroatoms. The first-order chi connectivity index (χ1) is 58.4. The molecular formula is C101H61N15S2. The van der Waals surface area contributed by atoms with Crippen molar-refractivity contribution in [1.29, 1.82) is 0 Å². The van der Waals surface area contributed by atoms with E-state index < -0.39 is 0 Å². The summed E-state index contributed by atoms with van der Waals surface area (Å²) in [5.74, 6) is 3.79. The number of nitrogens with zero attached hydrogens (tertiary/aromatic N) is 15. The Bertz CT molecular complexity index is 7010. The van der Waals surface area contributed by atoms with Crippen LogP contribution < -0.4 is 0 Å². The summed E-state index contributed by atoms with van der Waals surface area (Å²) in [4.78, 5) is 46.0. The monoisotopic (exact) mass is 1550 g/mol. The molecule has 0 atom stereocenters. The molecule has 0 saturated carbocycles. The third-order valence-electron chi connectivity index (χ3n) is 21.1. The minimum Gasteiger partial charge on any atom is -0.241 e. The van der Waals surface area contributed by atoms with Crippen LogP contribution in [0.25, 0.3) is 221 Å². The molecule has 0 saturated heterocycles. The number of aromatic nitrogens is 15. The largest absolute Gasteiger partial charge is 0.241 e. The second kappa shape index (κ2) is 30.7. The van der Waals surface area contributed by atoms with Gasteiger partial charge in [-0.3, -0.25) is 0 Å². The summed E-state index contributed by atoms with van der Waals surface area (Å²) >= 11 is 3.16. The standard InChI is InChI=1S/C51H31N7S.C50H30N8S/c1-3-9-32(10-4-1)33-21-27-40(28-22-33)49-53-48(39-11-5-2-6-12-39)54-50(55-49)41-29-23-37(24-30-41)35-17-15-34(16-18-35)36-19-25-38(26-20-36)45-47-46(57-58-56-45)43-31-42-13-7-8-14-44(42)52-51(43)59-47;1-3-9-31(10-4-1)32-21-27-39(28-22-32)48-53-47(38-11-5-2-6-12-38)54-49(55-48)40-29-23-36(24-30-40)34-17-15-33(16-18-34)35-19-25-37(26-20-35)43-46-44(57-58-56-43)45-50(59-46)52-42-14-8-7-13-41(42)51-45/h1-31H;1-30H. The minimum absolute atomic E-state index is 0.624. The van der Waals surface area contributed by atoms with Crippen molar-refractivity contribution in [1.82, 2.24) is 75.7 Å². The first kappa shape index (κ1) is 70.2. The SMILES string of the molecule is c1ccc(-c2ccc(-c3nc(-c4ccccc4)nc(-c4ccc(-c5ccc(-c6ccc(-c7nnnc8c7sc7nc9ccccc9cc78)cc6)cc5)cc4)n3)cc2)cc1.c1ccc(-c2ccc(-c3nc(-c4ccccc4)nc(-c4ccc(-c5ccc(-c6ccc(-c7nnnc8c7sc7nc9ccccc9nc78)cc6)cc5)cc4)n3)cc2)cc1. The molecule has 8 aromatic heterocycles.